The van der Waals surface area contributed by atoms with Crippen molar-refractivity contribution < 1.29 is 9.21 Å². The van der Waals surface area contributed by atoms with Crippen molar-refractivity contribution in [1.82, 2.24) is 5.32 Å². The Morgan fingerprint density at radius 1 is 1.09 bits per heavy atom. The summed E-state index contributed by atoms with van der Waals surface area (Å²) in [6, 6.07) is 14.0. The molecule has 0 radical (unpaired) electrons. The van der Waals surface area contributed by atoms with Gasteiger partial charge in [0.2, 0.25) is 5.91 Å². The Hall–Kier alpha value is -2.55. The predicted octanol–water partition coefficient (Wildman–Crippen LogP) is 3.91. The van der Waals surface area contributed by atoms with Gasteiger partial charge in [-0.25, -0.2) is 0 Å². The van der Waals surface area contributed by atoms with Crippen molar-refractivity contribution in [2.45, 2.75) is 26.8 Å². The van der Waals surface area contributed by atoms with Crippen molar-refractivity contribution in [2.24, 2.45) is 0 Å². The molecule has 1 aromatic heterocycles. The Kier molecular flexibility index (Phi) is 3.96. The summed E-state index contributed by atoms with van der Waals surface area (Å²) >= 11 is 0. The van der Waals surface area contributed by atoms with E-state index >= 15 is 0 Å². The van der Waals surface area contributed by atoms with Crippen LogP contribution in [0.3, 0.4) is 0 Å². The zero-order valence-electron chi connectivity index (χ0n) is 12.8. The normalized spacial score (nSPS) is 10.8. The zero-order valence-corrected chi connectivity index (χ0v) is 12.8. The van der Waals surface area contributed by atoms with Crippen LogP contribution in [0.1, 0.15) is 22.3 Å². The highest BCUT2D eigenvalue weighted by Gasteiger charge is 2.12. The molecule has 0 aliphatic rings. The number of benzene rings is 2. The smallest absolute Gasteiger partial charge is 0.224 e. The molecule has 112 valence electrons. The fourth-order valence-corrected chi connectivity index (χ4v) is 2.56. The van der Waals surface area contributed by atoms with Crippen LogP contribution in [0.5, 0.6) is 0 Å². The maximum atomic E-state index is 12.1. The molecule has 0 fully saturated rings. The first-order valence-electron chi connectivity index (χ1n) is 7.42. The minimum absolute atomic E-state index is 0.00443. The molecule has 0 aliphatic carbocycles. The lowest BCUT2D eigenvalue weighted by Crippen LogP contribution is -2.24. The van der Waals surface area contributed by atoms with Gasteiger partial charge in [0.05, 0.1) is 12.7 Å². The van der Waals surface area contributed by atoms with Gasteiger partial charge in [-0.05, 0) is 30.5 Å². The quantitative estimate of drug-likeness (QED) is 0.792. The molecule has 1 heterocycles. The van der Waals surface area contributed by atoms with Crippen LogP contribution in [-0.4, -0.2) is 5.91 Å². The monoisotopic (exact) mass is 293 g/mol. The topological polar surface area (TPSA) is 42.2 Å². The summed E-state index contributed by atoms with van der Waals surface area (Å²) in [6.07, 6.45) is 2.03. The number of nitrogens with one attached hydrogen (secondary N) is 1. The van der Waals surface area contributed by atoms with Gasteiger partial charge in [-0.15, -0.1) is 0 Å². The van der Waals surface area contributed by atoms with Crippen LogP contribution in [0, 0.1) is 13.8 Å². The Morgan fingerprint density at radius 3 is 2.64 bits per heavy atom. The van der Waals surface area contributed by atoms with E-state index in [0.717, 1.165) is 27.7 Å². The molecule has 3 rings (SSSR count). The summed E-state index contributed by atoms with van der Waals surface area (Å²) in [4.78, 5) is 12.1. The Bertz CT molecular complexity index is 803. The highest BCUT2D eigenvalue weighted by atomic mass is 16.3. The van der Waals surface area contributed by atoms with Crippen molar-refractivity contribution in [3.05, 3.63) is 71.0 Å². The summed E-state index contributed by atoms with van der Waals surface area (Å²) in [5.41, 5.74) is 5.24. The molecule has 0 unspecified atom stereocenters. The number of carbonyl (C=O) groups excluding carboxylic acids is 1. The molecule has 3 aromatic rings. The number of fused-ring (bicyclic) bond motifs is 1. The van der Waals surface area contributed by atoms with E-state index in [1.165, 1.54) is 5.56 Å². The van der Waals surface area contributed by atoms with Crippen LogP contribution in [0.15, 0.2) is 53.1 Å². The Labute approximate surface area is 130 Å². The van der Waals surface area contributed by atoms with E-state index < -0.39 is 0 Å². The number of rotatable bonds is 4. The summed E-state index contributed by atoms with van der Waals surface area (Å²) < 4.78 is 5.64. The first kappa shape index (κ1) is 14.4. The van der Waals surface area contributed by atoms with E-state index in [1.807, 2.05) is 43.3 Å². The fourth-order valence-electron chi connectivity index (χ4n) is 2.56. The van der Waals surface area contributed by atoms with E-state index in [1.54, 1.807) is 6.26 Å². The Morgan fingerprint density at radius 2 is 1.86 bits per heavy atom. The van der Waals surface area contributed by atoms with Crippen LogP contribution in [-0.2, 0) is 17.8 Å². The van der Waals surface area contributed by atoms with E-state index in [2.05, 4.69) is 18.3 Å². The van der Waals surface area contributed by atoms with Gasteiger partial charge in [-0.2, -0.15) is 0 Å². The standard InChI is InChI=1S/C19H19NO2/c1-13-8-9-17-16(12-22-19(17)14(13)2)10-18(21)20-11-15-6-4-3-5-7-15/h3-9,12H,10-11H2,1-2H3,(H,20,21). The molecule has 0 saturated heterocycles. The van der Waals surface area contributed by atoms with Crippen molar-refractivity contribution in [3.63, 3.8) is 0 Å². The van der Waals surface area contributed by atoms with Crippen molar-refractivity contribution >= 4 is 16.9 Å². The number of hydrogen-bond donors (Lipinski definition) is 1. The van der Waals surface area contributed by atoms with Gasteiger partial charge in [-0.3, -0.25) is 4.79 Å². The summed E-state index contributed by atoms with van der Waals surface area (Å²) in [7, 11) is 0. The van der Waals surface area contributed by atoms with Gasteiger partial charge in [0.1, 0.15) is 5.58 Å². The van der Waals surface area contributed by atoms with Gasteiger partial charge >= 0.3 is 0 Å². The van der Waals surface area contributed by atoms with Crippen LogP contribution >= 0.6 is 0 Å². The van der Waals surface area contributed by atoms with Gasteiger partial charge < -0.3 is 9.73 Å². The molecular weight excluding hydrogens is 274 g/mol. The zero-order chi connectivity index (χ0) is 15.5. The van der Waals surface area contributed by atoms with E-state index in [4.69, 9.17) is 4.42 Å². The molecular formula is C19H19NO2. The lowest BCUT2D eigenvalue weighted by Gasteiger charge is -2.05. The summed E-state index contributed by atoms with van der Waals surface area (Å²) in [5.74, 6) is 0.00443. The largest absolute Gasteiger partial charge is 0.464 e. The fraction of sp³-hybridized carbons (Fsp3) is 0.211. The average molecular weight is 293 g/mol. The average Bonchev–Trinajstić information content (AvgIpc) is 2.93. The number of amides is 1. The van der Waals surface area contributed by atoms with Crippen molar-refractivity contribution in [2.75, 3.05) is 0 Å². The minimum Gasteiger partial charge on any atom is -0.464 e. The molecule has 0 saturated carbocycles. The third kappa shape index (κ3) is 2.89. The van der Waals surface area contributed by atoms with Crippen LogP contribution in [0.25, 0.3) is 11.0 Å². The molecule has 0 bridgehead atoms. The number of aryl methyl sites for hydroxylation is 2. The highest BCUT2D eigenvalue weighted by molar-refractivity contribution is 5.89. The molecule has 0 aliphatic heterocycles. The molecule has 0 atom stereocenters. The van der Waals surface area contributed by atoms with Gasteiger partial charge in [0.25, 0.3) is 0 Å². The van der Waals surface area contributed by atoms with E-state index in [-0.39, 0.29) is 5.91 Å². The molecule has 0 spiro atoms. The minimum atomic E-state index is 0.00443. The first-order valence-corrected chi connectivity index (χ1v) is 7.42. The molecule has 3 heteroatoms. The van der Waals surface area contributed by atoms with E-state index in [9.17, 15) is 4.79 Å². The second-order valence-corrected chi connectivity index (χ2v) is 5.58. The summed E-state index contributed by atoms with van der Waals surface area (Å²) in [5, 5.41) is 3.97. The van der Waals surface area contributed by atoms with Crippen LogP contribution in [0.2, 0.25) is 0 Å². The highest BCUT2D eigenvalue weighted by Crippen LogP contribution is 2.26. The summed E-state index contributed by atoms with van der Waals surface area (Å²) in [6.45, 7) is 4.65. The molecule has 22 heavy (non-hydrogen) atoms. The second-order valence-electron chi connectivity index (χ2n) is 5.58. The van der Waals surface area contributed by atoms with Gasteiger partial charge in [-0.1, -0.05) is 42.5 Å². The van der Waals surface area contributed by atoms with Gasteiger partial charge in [0, 0.05) is 17.5 Å². The number of hydrogen-bond acceptors (Lipinski definition) is 2. The Balaban J connectivity index is 1.71. The third-order valence-electron chi connectivity index (χ3n) is 4.03. The first-order chi connectivity index (χ1) is 10.6. The number of carbonyl (C=O) groups is 1. The van der Waals surface area contributed by atoms with Gasteiger partial charge in [0.15, 0.2) is 0 Å². The van der Waals surface area contributed by atoms with Crippen LogP contribution < -0.4 is 5.32 Å². The van der Waals surface area contributed by atoms with E-state index in [0.29, 0.717) is 13.0 Å². The van der Waals surface area contributed by atoms with Crippen LogP contribution in [0.4, 0.5) is 0 Å². The lowest BCUT2D eigenvalue weighted by atomic mass is 10.0. The second kappa shape index (κ2) is 6.06. The van der Waals surface area contributed by atoms with Crippen molar-refractivity contribution in [1.29, 1.82) is 0 Å². The molecule has 2 aromatic carbocycles. The number of furan rings is 1. The maximum absolute atomic E-state index is 12.1. The molecule has 3 nitrogen and oxygen atoms in total. The third-order valence-corrected chi connectivity index (χ3v) is 4.03. The lowest BCUT2D eigenvalue weighted by molar-refractivity contribution is -0.120. The molecule has 1 N–H and O–H groups in total. The SMILES string of the molecule is Cc1ccc2c(CC(=O)NCc3ccccc3)coc2c1C. The predicted molar refractivity (Wildman–Crippen MR) is 87.7 cm³/mol. The van der Waals surface area contributed by atoms with Crippen molar-refractivity contribution in [3.8, 4) is 0 Å². The molecule has 1 amide bonds. The maximum Gasteiger partial charge on any atom is 0.224 e.